The SMILES string of the molecule is CCC1CN(c2ccc(CCl)c(Cl)c2)CCN1C. The summed E-state index contributed by atoms with van der Waals surface area (Å²) in [6, 6.07) is 6.83. The van der Waals surface area contributed by atoms with E-state index in [0.717, 1.165) is 30.2 Å². The van der Waals surface area contributed by atoms with E-state index in [9.17, 15) is 0 Å². The summed E-state index contributed by atoms with van der Waals surface area (Å²) in [6.45, 7) is 5.48. The van der Waals surface area contributed by atoms with Gasteiger partial charge in [-0.05, 0) is 31.2 Å². The fourth-order valence-corrected chi connectivity index (χ4v) is 3.01. The number of halogens is 2. The van der Waals surface area contributed by atoms with Crippen molar-refractivity contribution in [3.05, 3.63) is 28.8 Å². The lowest BCUT2D eigenvalue weighted by atomic mass is 10.1. The average Bonchev–Trinajstić information content (AvgIpc) is 2.39. The van der Waals surface area contributed by atoms with E-state index in [4.69, 9.17) is 23.2 Å². The van der Waals surface area contributed by atoms with Crippen LogP contribution < -0.4 is 4.90 Å². The molecule has 2 nitrogen and oxygen atoms in total. The van der Waals surface area contributed by atoms with Gasteiger partial charge < -0.3 is 4.90 Å². The normalized spacial score (nSPS) is 21.3. The maximum absolute atomic E-state index is 6.23. The van der Waals surface area contributed by atoms with Crippen LogP contribution in [0.15, 0.2) is 18.2 Å². The first-order valence-electron chi connectivity index (χ1n) is 6.45. The molecule has 1 atom stereocenters. The molecule has 4 heteroatoms. The minimum atomic E-state index is 0.472. The Balaban J connectivity index is 2.14. The molecule has 1 aliphatic heterocycles. The van der Waals surface area contributed by atoms with Crippen LogP contribution in [-0.4, -0.2) is 37.6 Å². The third-order valence-corrected chi connectivity index (χ3v) is 4.43. The molecule has 0 spiro atoms. The molecule has 0 radical (unpaired) electrons. The molecule has 1 aliphatic rings. The van der Waals surface area contributed by atoms with Crippen LogP contribution in [0.4, 0.5) is 5.69 Å². The Bertz CT molecular complexity index is 409. The first-order valence-corrected chi connectivity index (χ1v) is 7.36. The number of hydrogen-bond acceptors (Lipinski definition) is 2. The zero-order chi connectivity index (χ0) is 13.1. The molecule has 0 aromatic heterocycles. The minimum absolute atomic E-state index is 0.472. The van der Waals surface area contributed by atoms with Gasteiger partial charge in [0.2, 0.25) is 0 Å². The first-order chi connectivity index (χ1) is 8.65. The first kappa shape index (κ1) is 14.0. The van der Waals surface area contributed by atoms with Crippen LogP contribution in [-0.2, 0) is 5.88 Å². The summed E-state index contributed by atoms with van der Waals surface area (Å²) in [4.78, 5) is 4.85. The van der Waals surface area contributed by atoms with E-state index in [0.29, 0.717) is 11.9 Å². The predicted molar refractivity (Wildman–Crippen MR) is 79.9 cm³/mol. The summed E-state index contributed by atoms with van der Waals surface area (Å²) in [5.74, 6) is 0.472. The fraction of sp³-hybridized carbons (Fsp3) is 0.571. The van der Waals surface area contributed by atoms with E-state index in [2.05, 4.69) is 29.8 Å². The number of nitrogens with zero attached hydrogens (tertiary/aromatic N) is 2. The molecule has 1 unspecified atom stereocenters. The molecule has 18 heavy (non-hydrogen) atoms. The predicted octanol–water partition coefficient (Wildman–Crippen LogP) is 3.61. The lowest BCUT2D eigenvalue weighted by molar-refractivity contribution is 0.213. The van der Waals surface area contributed by atoms with Crippen molar-refractivity contribution in [2.24, 2.45) is 0 Å². The zero-order valence-electron chi connectivity index (χ0n) is 11.0. The van der Waals surface area contributed by atoms with Gasteiger partial charge in [-0.3, -0.25) is 4.90 Å². The topological polar surface area (TPSA) is 6.48 Å². The molecular formula is C14H20Cl2N2. The summed E-state index contributed by atoms with van der Waals surface area (Å²) in [6.07, 6.45) is 1.18. The molecule has 1 saturated heterocycles. The Labute approximate surface area is 119 Å². The molecule has 1 aromatic rings. The highest BCUT2D eigenvalue weighted by molar-refractivity contribution is 6.32. The Morgan fingerprint density at radius 3 is 2.72 bits per heavy atom. The van der Waals surface area contributed by atoms with Crippen molar-refractivity contribution in [2.45, 2.75) is 25.3 Å². The van der Waals surface area contributed by atoms with E-state index < -0.39 is 0 Å². The van der Waals surface area contributed by atoms with Gasteiger partial charge in [-0.15, -0.1) is 11.6 Å². The molecule has 0 aliphatic carbocycles. The van der Waals surface area contributed by atoms with Gasteiger partial charge in [-0.1, -0.05) is 24.6 Å². The Morgan fingerprint density at radius 2 is 2.11 bits per heavy atom. The van der Waals surface area contributed by atoms with E-state index in [-0.39, 0.29) is 0 Å². The highest BCUT2D eigenvalue weighted by atomic mass is 35.5. The molecule has 1 fully saturated rings. The van der Waals surface area contributed by atoms with Gasteiger partial charge in [0.25, 0.3) is 0 Å². The molecule has 100 valence electrons. The maximum atomic E-state index is 6.23. The van der Waals surface area contributed by atoms with Crippen LogP contribution in [0.25, 0.3) is 0 Å². The largest absolute Gasteiger partial charge is 0.369 e. The van der Waals surface area contributed by atoms with Gasteiger partial charge in [-0.25, -0.2) is 0 Å². The molecule has 1 aromatic carbocycles. The van der Waals surface area contributed by atoms with Crippen LogP contribution >= 0.6 is 23.2 Å². The second-order valence-electron chi connectivity index (χ2n) is 4.90. The van der Waals surface area contributed by atoms with Crippen LogP contribution in [0.5, 0.6) is 0 Å². The lowest BCUT2D eigenvalue weighted by Crippen LogP contribution is -2.51. The number of benzene rings is 1. The van der Waals surface area contributed by atoms with Crippen molar-refractivity contribution in [3.63, 3.8) is 0 Å². The van der Waals surface area contributed by atoms with Crippen molar-refractivity contribution in [3.8, 4) is 0 Å². The van der Waals surface area contributed by atoms with E-state index in [1.807, 2.05) is 12.1 Å². The standard InChI is InChI=1S/C14H20Cl2N2/c1-3-12-10-18(7-6-17(12)2)13-5-4-11(9-15)14(16)8-13/h4-5,8,12H,3,6-7,9-10H2,1-2H3. The quantitative estimate of drug-likeness (QED) is 0.784. The van der Waals surface area contributed by atoms with Crippen molar-refractivity contribution in [1.29, 1.82) is 0 Å². The second-order valence-corrected chi connectivity index (χ2v) is 5.57. The Morgan fingerprint density at radius 1 is 1.33 bits per heavy atom. The highest BCUT2D eigenvalue weighted by Crippen LogP contribution is 2.26. The molecule has 0 bridgehead atoms. The molecule has 0 amide bonds. The van der Waals surface area contributed by atoms with Gasteiger partial charge in [0.1, 0.15) is 0 Å². The van der Waals surface area contributed by atoms with Gasteiger partial charge in [0.05, 0.1) is 0 Å². The number of anilines is 1. The number of alkyl halides is 1. The van der Waals surface area contributed by atoms with Gasteiger partial charge in [0.15, 0.2) is 0 Å². The summed E-state index contributed by atoms with van der Waals surface area (Å²) < 4.78 is 0. The van der Waals surface area contributed by atoms with Crippen LogP contribution in [0.3, 0.4) is 0 Å². The Kier molecular flexibility index (Phi) is 4.77. The smallest absolute Gasteiger partial charge is 0.0488 e. The van der Waals surface area contributed by atoms with E-state index in [1.54, 1.807) is 0 Å². The van der Waals surface area contributed by atoms with Crippen LogP contribution in [0.2, 0.25) is 5.02 Å². The second kappa shape index (κ2) is 6.14. The highest BCUT2D eigenvalue weighted by Gasteiger charge is 2.23. The fourth-order valence-electron chi connectivity index (χ4n) is 2.46. The average molecular weight is 287 g/mol. The van der Waals surface area contributed by atoms with Crippen molar-refractivity contribution in [2.75, 3.05) is 31.6 Å². The third-order valence-electron chi connectivity index (χ3n) is 3.79. The number of piperazine rings is 1. The van der Waals surface area contributed by atoms with E-state index in [1.165, 1.54) is 12.1 Å². The van der Waals surface area contributed by atoms with Crippen LogP contribution in [0, 0.1) is 0 Å². The molecule has 0 N–H and O–H groups in total. The number of likely N-dealkylation sites (N-methyl/N-ethyl adjacent to an activating group) is 1. The van der Waals surface area contributed by atoms with Crippen molar-refractivity contribution >= 4 is 28.9 Å². The Hall–Kier alpha value is -0.440. The summed E-state index contributed by atoms with van der Waals surface area (Å²) in [5.41, 5.74) is 2.21. The molecule has 1 heterocycles. The summed E-state index contributed by atoms with van der Waals surface area (Å²) >= 11 is 12.1. The zero-order valence-corrected chi connectivity index (χ0v) is 12.5. The maximum Gasteiger partial charge on any atom is 0.0488 e. The summed E-state index contributed by atoms with van der Waals surface area (Å²) in [7, 11) is 2.20. The van der Waals surface area contributed by atoms with Crippen molar-refractivity contribution < 1.29 is 0 Å². The van der Waals surface area contributed by atoms with Gasteiger partial charge in [-0.2, -0.15) is 0 Å². The minimum Gasteiger partial charge on any atom is -0.369 e. The lowest BCUT2D eigenvalue weighted by Gasteiger charge is -2.40. The van der Waals surface area contributed by atoms with Gasteiger partial charge >= 0.3 is 0 Å². The third kappa shape index (κ3) is 2.93. The van der Waals surface area contributed by atoms with E-state index >= 15 is 0 Å². The monoisotopic (exact) mass is 286 g/mol. The molecule has 2 rings (SSSR count). The van der Waals surface area contributed by atoms with Crippen LogP contribution in [0.1, 0.15) is 18.9 Å². The summed E-state index contributed by atoms with van der Waals surface area (Å²) in [5, 5.41) is 0.773. The molecular weight excluding hydrogens is 267 g/mol. The number of hydrogen-bond donors (Lipinski definition) is 0. The van der Waals surface area contributed by atoms with Gasteiger partial charge in [0, 0.05) is 42.3 Å². The molecule has 0 saturated carbocycles. The number of rotatable bonds is 3. The van der Waals surface area contributed by atoms with Crippen molar-refractivity contribution in [1.82, 2.24) is 4.90 Å².